The summed E-state index contributed by atoms with van der Waals surface area (Å²) in [5.74, 6) is 0.638. The Balaban J connectivity index is 1.65. The second-order valence-corrected chi connectivity index (χ2v) is 8.88. The summed E-state index contributed by atoms with van der Waals surface area (Å²) in [6.45, 7) is 4.38. The van der Waals surface area contributed by atoms with E-state index in [0.29, 0.717) is 26.0 Å². The number of carbonyl (C=O) groups excluding carboxylic acids is 1. The molecule has 1 aliphatic rings. The first-order chi connectivity index (χ1) is 16.1. The molecule has 0 aliphatic carbocycles. The second-order valence-electron chi connectivity index (χ2n) is 8.88. The Kier molecular flexibility index (Phi) is 14.1. The van der Waals surface area contributed by atoms with Crippen LogP contribution in [0.25, 0.3) is 0 Å². The molecule has 1 aromatic rings. The van der Waals surface area contributed by atoms with Crippen molar-refractivity contribution >= 4 is 5.97 Å². The number of rotatable bonds is 17. The first-order valence-corrected chi connectivity index (χ1v) is 12.5. The lowest BCUT2D eigenvalue weighted by Crippen LogP contribution is -2.38. The molecular weight excluding hydrogens is 422 g/mol. The van der Waals surface area contributed by atoms with Crippen molar-refractivity contribution < 1.29 is 28.8 Å². The summed E-state index contributed by atoms with van der Waals surface area (Å²) in [6.07, 6.45) is 8.69. The average Bonchev–Trinajstić information content (AvgIpc) is 2.84. The molecule has 1 saturated heterocycles. The van der Waals surface area contributed by atoms with Crippen LogP contribution in [0.4, 0.5) is 0 Å². The summed E-state index contributed by atoms with van der Waals surface area (Å²) in [7, 11) is 1.43. The molecule has 1 aliphatic heterocycles. The van der Waals surface area contributed by atoms with Crippen molar-refractivity contribution in [2.75, 3.05) is 33.5 Å². The predicted molar refractivity (Wildman–Crippen MR) is 128 cm³/mol. The van der Waals surface area contributed by atoms with Gasteiger partial charge in [-0.1, -0.05) is 37.0 Å². The van der Waals surface area contributed by atoms with Crippen molar-refractivity contribution in [2.45, 2.75) is 89.6 Å². The maximum absolute atomic E-state index is 11.2. The Bertz CT molecular complexity index is 632. The van der Waals surface area contributed by atoms with E-state index in [2.05, 4.69) is 10.1 Å². The zero-order valence-electron chi connectivity index (χ0n) is 20.4. The molecule has 3 atom stereocenters. The highest BCUT2D eigenvalue weighted by molar-refractivity contribution is 5.68. The maximum Gasteiger partial charge on any atom is 0.305 e. The molecule has 2 N–H and O–H groups in total. The number of aryl methyl sites for hydroxylation is 1. The molecule has 7 heteroatoms. The minimum atomic E-state index is -0.527. The van der Waals surface area contributed by atoms with E-state index < -0.39 is 6.10 Å². The van der Waals surface area contributed by atoms with Gasteiger partial charge in [-0.05, 0) is 64.1 Å². The largest absolute Gasteiger partial charge is 0.491 e. The molecule has 1 fully saturated rings. The normalized spacial score (nSPS) is 18.0. The Labute approximate surface area is 199 Å². The molecule has 1 heterocycles. The van der Waals surface area contributed by atoms with E-state index in [-0.39, 0.29) is 24.9 Å². The molecule has 0 radical (unpaired) electrons. The summed E-state index contributed by atoms with van der Waals surface area (Å²) >= 11 is 0. The Hall–Kier alpha value is -1.67. The third kappa shape index (κ3) is 13.0. The zero-order chi connectivity index (χ0) is 23.7. The van der Waals surface area contributed by atoms with Gasteiger partial charge in [0, 0.05) is 19.1 Å². The first-order valence-electron chi connectivity index (χ1n) is 12.5. The second kappa shape index (κ2) is 16.9. The van der Waals surface area contributed by atoms with Gasteiger partial charge in [-0.2, -0.15) is 0 Å². The van der Waals surface area contributed by atoms with E-state index in [4.69, 9.17) is 14.2 Å². The highest BCUT2D eigenvalue weighted by Crippen LogP contribution is 2.16. The number of unbranched alkanes of at least 4 members (excludes halogenated alkanes) is 3. The number of carbonyl (C=O) groups is 1. The number of hydrogen-bond donors (Lipinski definition) is 2. The molecule has 0 saturated carbocycles. The topological polar surface area (TPSA) is 86.3 Å². The smallest absolute Gasteiger partial charge is 0.305 e. The molecule has 0 bridgehead atoms. The van der Waals surface area contributed by atoms with Gasteiger partial charge in [0.1, 0.15) is 12.4 Å². The van der Waals surface area contributed by atoms with E-state index in [1.807, 2.05) is 31.2 Å². The minimum absolute atomic E-state index is 0.100. The van der Waals surface area contributed by atoms with E-state index in [1.54, 1.807) is 0 Å². The monoisotopic (exact) mass is 465 g/mol. The summed E-state index contributed by atoms with van der Waals surface area (Å²) < 4.78 is 22.1. The first kappa shape index (κ1) is 27.6. The number of ether oxygens (including phenoxy) is 4. The third-order valence-corrected chi connectivity index (χ3v) is 5.91. The molecule has 33 heavy (non-hydrogen) atoms. The van der Waals surface area contributed by atoms with Crippen molar-refractivity contribution in [1.29, 1.82) is 0 Å². The zero-order valence-corrected chi connectivity index (χ0v) is 20.4. The van der Waals surface area contributed by atoms with E-state index in [9.17, 15) is 9.90 Å². The molecule has 0 amide bonds. The molecule has 3 unspecified atom stereocenters. The van der Waals surface area contributed by atoms with E-state index >= 15 is 0 Å². The van der Waals surface area contributed by atoms with Crippen LogP contribution < -0.4 is 10.1 Å². The summed E-state index contributed by atoms with van der Waals surface area (Å²) in [5, 5.41) is 13.8. The standard InChI is InChI=1S/C26H43NO6/c1-21-12-14-24(15-13-21)32-20-23(28)16-17-27-22(19-33-26-11-7-8-18-31-26)9-5-3-4-6-10-25(29)30-2/h12-15,22-23,26-28H,3-11,16-20H2,1-2H3. The molecule has 2 rings (SSSR count). The highest BCUT2D eigenvalue weighted by atomic mass is 16.7. The van der Waals surface area contributed by atoms with Crippen molar-refractivity contribution in [2.24, 2.45) is 0 Å². The summed E-state index contributed by atoms with van der Waals surface area (Å²) in [5.41, 5.74) is 1.18. The van der Waals surface area contributed by atoms with Crippen LogP contribution in [-0.2, 0) is 19.0 Å². The van der Waals surface area contributed by atoms with Crippen LogP contribution in [0.1, 0.15) is 69.8 Å². The lowest BCUT2D eigenvalue weighted by atomic mass is 10.1. The van der Waals surface area contributed by atoms with Gasteiger partial charge < -0.3 is 29.4 Å². The number of methoxy groups -OCH3 is 1. The summed E-state index contributed by atoms with van der Waals surface area (Å²) in [4.78, 5) is 11.2. The Morgan fingerprint density at radius 1 is 1.12 bits per heavy atom. The average molecular weight is 466 g/mol. The van der Waals surface area contributed by atoms with Crippen LogP contribution in [-0.4, -0.2) is 63.0 Å². The molecular formula is C26H43NO6. The lowest BCUT2D eigenvalue weighted by Gasteiger charge is -2.26. The Morgan fingerprint density at radius 2 is 1.91 bits per heavy atom. The maximum atomic E-state index is 11.2. The van der Waals surface area contributed by atoms with Crippen LogP contribution in [0, 0.1) is 6.92 Å². The SMILES string of the molecule is COC(=O)CCCCCCC(COC1CCCCO1)NCCC(O)COc1ccc(C)cc1. The molecule has 7 nitrogen and oxygen atoms in total. The van der Waals surface area contributed by atoms with E-state index in [0.717, 1.165) is 63.7 Å². The fourth-order valence-electron chi connectivity index (χ4n) is 3.79. The Morgan fingerprint density at radius 3 is 2.64 bits per heavy atom. The number of esters is 1. The van der Waals surface area contributed by atoms with Crippen LogP contribution in [0.5, 0.6) is 5.75 Å². The molecule has 0 spiro atoms. The number of hydrogen-bond acceptors (Lipinski definition) is 7. The van der Waals surface area contributed by atoms with Gasteiger partial charge >= 0.3 is 5.97 Å². The van der Waals surface area contributed by atoms with Gasteiger partial charge in [0.2, 0.25) is 0 Å². The van der Waals surface area contributed by atoms with Crippen LogP contribution in [0.15, 0.2) is 24.3 Å². The fourth-order valence-corrected chi connectivity index (χ4v) is 3.79. The van der Waals surface area contributed by atoms with Gasteiger partial charge in [-0.15, -0.1) is 0 Å². The number of benzene rings is 1. The van der Waals surface area contributed by atoms with Crippen LogP contribution >= 0.6 is 0 Å². The van der Waals surface area contributed by atoms with Gasteiger partial charge in [0.05, 0.1) is 19.8 Å². The van der Waals surface area contributed by atoms with Gasteiger partial charge in [-0.3, -0.25) is 4.79 Å². The van der Waals surface area contributed by atoms with E-state index in [1.165, 1.54) is 12.7 Å². The van der Waals surface area contributed by atoms with Crippen molar-refractivity contribution in [3.63, 3.8) is 0 Å². The fraction of sp³-hybridized carbons (Fsp3) is 0.731. The highest BCUT2D eigenvalue weighted by Gasteiger charge is 2.17. The molecule has 188 valence electrons. The third-order valence-electron chi connectivity index (χ3n) is 5.91. The van der Waals surface area contributed by atoms with Gasteiger partial charge in [0.15, 0.2) is 6.29 Å². The predicted octanol–water partition coefficient (Wildman–Crippen LogP) is 4.14. The molecule has 0 aromatic heterocycles. The number of aliphatic hydroxyl groups is 1. The lowest BCUT2D eigenvalue weighted by molar-refractivity contribution is -0.166. The van der Waals surface area contributed by atoms with Gasteiger partial charge in [-0.25, -0.2) is 0 Å². The van der Waals surface area contributed by atoms with Gasteiger partial charge in [0.25, 0.3) is 0 Å². The summed E-state index contributed by atoms with van der Waals surface area (Å²) in [6, 6.07) is 8.05. The minimum Gasteiger partial charge on any atom is -0.491 e. The quantitative estimate of drug-likeness (QED) is 0.264. The van der Waals surface area contributed by atoms with Crippen molar-refractivity contribution in [3.05, 3.63) is 29.8 Å². The number of nitrogens with one attached hydrogen (secondary N) is 1. The van der Waals surface area contributed by atoms with Crippen LogP contribution in [0.3, 0.4) is 0 Å². The number of aliphatic hydroxyl groups excluding tert-OH is 1. The van der Waals surface area contributed by atoms with Crippen LogP contribution in [0.2, 0.25) is 0 Å². The van der Waals surface area contributed by atoms with Crippen molar-refractivity contribution in [3.8, 4) is 5.75 Å². The van der Waals surface area contributed by atoms with Crippen molar-refractivity contribution in [1.82, 2.24) is 5.32 Å². The molecule has 1 aromatic carbocycles.